The predicted molar refractivity (Wildman–Crippen MR) is 96.7 cm³/mol. The van der Waals surface area contributed by atoms with Crippen LogP contribution in [-0.4, -0.2) is 25.7 Å². The second kappa shape index (κ2) is 7.92. The Kier molecular flexibility index (Phi) is 5.43. The minimum Gasteiger partial charge on any atom is -0.494 e. The van der Waals surface area contributed by atoms with Crippen LogP contribution in [0.5, 0.6) is 17.2 Å². The number of rotatable bonds is 6. The van der Waals surface area contributed by atoms with Crippen molar-refractivity contribution in [2.24, 2.45) is 0 Å². The Morgan fingerprint density at radius 2 is 1.96 bits per heavy atom. The van der Waals surface area contributed by atoms with Crippen LogP contribution in [0.15, 0.2) is 42.5 Å². The SMILES string of the molecule is CCCOc1cccc(NC(=O)C(C)c2ccc3c(c2)OCCO3)c1. The molecule has 25 heavy (non-hydrogen) atoms. The molecule has 1 aliphatic rings. The molecule has 2 aromatic rings. The molecule has 0 spiro atoms. The molecule has 132 valence electrons. The van der Waals surface area contributed by atoms with Crippen molar-refractivity contribution in [1.29, 1.82) is 0 Å². The van der Waals surface area contributed by atoms with Crippen molar-refractivity contribution < 1.29 is 19.0 Å². The first-order valence-electron chi connectivity index (χ1n) is 8.60. The lowest BCUT2D eigenvalue weighted by molar-refractivity contribution is -0.117. The highest BCUT2D eigenvalue weighted by molar-refractivity contribution is 5.95. The maximum Gasteiger partial charge on any atom is 0.231 e. The van der Waals surface area contributed by atoms with Gasteiger partial charge in [-0.15, -0.1) is 0 Å². The van der Waals surface area contributed by atoms with Gasteiger partial charge in [0.25, 0.3) is 0 Å². The van der Waals surface area contributed by atoms with E-state index in [4.69, 9.17) is 14.2 Å². The molecule has 1 amide bonds. The molecule has 1 aliphatic heterocycles. The van der Waals surface area contributed by atoms with E-state index < -0.39 is 0 Å². The Hall–Kier alpha value is -2.69. The van der Waals surface area contributed by atoms with Gasteiger partial charge in [0, 0.05) is 11.8 Å². The highest BCUT2D eigenvalue weighted by Gasteiger charge is 2.19. The molecule has 0 radical (unpaired) electrons. The number of carbonyl (C=O) groups is 1. The summed E-state index contributed by atoms with van der Waals surface area (Å²) in [4.78, 5) is 12.6. The molecule has 1 N–H and O–H groups in total. The average Bonchev–Trinajstić information content (AvgIpc) is 2.65. The normalized spacial score (nSPS) is 13.8. The minimum atomic E-state index is -0.309. The van der Waals surface area contributed by atoms with Gasteiger partial charge in [0.1, 0.15) is 19.0 Å². The molecule has 3 rings (SSSR count). The van der Waals surface area contributed by atoms with Crippen LogP contribution in [0, 0.1) is 0 Å². The Labute approximate surface area is 147 Å². The van der Waals surface area contributed by atoms with Gasteiger partial charge in [-0.25, -0.2) is 0 Å². The molecule has 0 aliphatic carbocycles. The lowest BCUT2D eigenvalue weighted by atomic mass is 9.99. The monoisotopic (exact) mass is 341 g/mol. The van der Waals surface area contributed by atoms with Gasteiger partial charge in [-0.3, -0.25) is 4.79 Å². The van der Waals surface area contributed by atoms with E-state index >= 15 is 0 Å². The molecular formula is C20H23NO4. The van der Waals surface area contributed by atoms with Crippen LogP contribution in [0.1, 0.15) is 31.7 Å². The summed E-state index contributed by atoms with van der Waals surface area (Å²) in [7, 11) is 0. The molecule has 2 aromatic carbocycles. The molecule has 5 heteroatoms. The van der Waals surface area contributed by atoms with E-state index in [0.717, 1.165) is 29.2 Å². The molecular weight excluding hydrogens is 318 g/mol. The van der Waals surface area contributed by atoms with Gasteiger partial charge in [-0.2, -0.15) is 0 Å². The van der Waals surface area contributed by atoms with E-state index in [9.17, 15) is 4.79 Å². The Bertz CT molecular complexity index is 744. The lowest BCUT2D eigenvalue weighted by Crippen LogP contribution is -2.20. The number of benzene rings is 2. The second-order valence-corrected chi connectivity index (χ2v) is 5.99. The standard InChI is InChI=1S/C20H23NO4/c1-3-9-23-17-6-4-5-16(13-17)21-20(22)14(2)15-7-8-18-19(12-15)25-11-10-24-18/h4-8,12-14H,3,9-11H2,1-2H3,(H,21,22). The Morgan fingerprint density at radius 1 is 1.16 bits per heavy atom. The minimum absolute atomic E-state index is 0.0793. The molecule has 5 nitrogen and oxygen atoms in total. The van der Waals surface area contributed by atoms with E-state index in [1.54, 1.807) is 0 Å². The zero-order chi connectivity index (χ0) is 17.6. The average molecular weight is 341 g/mol. The summed E-state index contributed by atoms with van der Waals surface area (Å²) in [6.45, 7) is 5.67. The van der Waals surface area contributed by atoms with Crippen LogP contribution >= 0.6 is 0 Å². The number of anilines is 1. The van der Waals surface area contributed by atoms with E-state index in [2.05, 4.69) is 12.2 Å². The number of amides is 1. The summed E-state index contributed by atoms with van der Waals surface area (Å²) in [5.74, 6) is 1.79. The highest BCUT2D eigenvalue weighted by atomic mass is 16.6. The van der Waals surface area contributed by atoms with Crippen LogP contribution in [0.2, 0.25) is 0 Å². The Balaban J connectivity index is 1.68. The molecule has 0 saturated heterocycles. The van der Waals surface area contributed by atoms with Crippen LogP contribution in [0.3, 0.4) is 0 Å². The van der Waals surface area contributed by atoms with Gasteiger partial charge >= 0.3 is 0 Å². The summed E-state index contributed by atoms with van der Waals surface area (Å²) in [6.07, 6.45) is 0.942. The number of hydrogen-bond donors (Lipinski definition) is 1. The van der Waals surface area contributed by atoms with E-state index in [1.165, 1.54) is 0 Å². The van der Waals surface area contributed by atoms with Crippen molar-refractivity contribution in [1.82, 2.24) is 0 Å². The molecule has 1 atom stereocenters. The molecule has 1 heterocycles. The third-order valence-corrected chi connectivity index (χ3v) is 4.03. The van der Waals surface area contributed by atoms with E-state index in [-0.39, 0.29) is 11.8 Å². The number of fused-ring (bicyclic) bond motifs is 1. The third-order valence-electron chi connectivity index (χ3n) is 4.03. The van der Waals surface area contributed by atoms with Gasteiger partial charge in [0.2, 0.25) is 5.91 Å². The lowest BCUT2D eigenvalue weighted by Gasteiger charge is -2.20. The predicted octanol–water partition coefficient (Wildman–Crippen LogP) is 3.99. The van der Waals surface area contributed by atoms with Gasteiger partial charge < -0.3 is 19.5 Å². The molecule has 0 aromatic heterocycles. The summed E-state index contributed by atoms with van der Waals surface area (Å²) < 4.78 is 16.7. The van der Waals surface area contributed by atoms with Crippen LogP contribution in [0.4, 0.5) is 5.69 Å². The first-order chi connectivity index (χ1) is 12.2. The van der Waals surface area contributed by atoms with Crippen molar-refractivity contribution in [2.45, 2.75) is 26.2 Å². The smallest absolute Gasteiger partial charge is 0.231 e. The van der Waals surface area contributed by atoms with Crippen LogP contribution < -0.4 is 19.5 Å². The maximum absolute atomic E-state index is 12.6. The van der Waals surface area contributed by atoms with Crippen molar-refractivity contribution in [3.63, 3.8) is 0 Å². The zero-order valence-corrected chi connectivity index (χ0v) is 14.6. The molecule has 0 fully saturated rings. The number of ether oxygens (including phenoxy) is 3. The van der Waals surface area contributed by atoms with Gasteiger partial charge in [-0.1, -0.05) is 19.1 Å². The first kappa shape index (κ1) is 17.1. The number of hydrogen-bond acceptors (Lipinski definition) is 4. The topological polar surface area (TPSA) is 56.8 Å². The molecule has 1 unspecified atom stereocenters. The number of carbonyl (C=O) groups excluding carboxylic acids is 1. The largest absolute Gasteiger partial charge is 0.494 e. The van der Waals surface area contributed by atoms with Crippen molar-refractivity contribution in [3.05, 3.63) is 48.0 Å². The Morgan fingerprint density at radius 3 is 2.76 bits per heavy atom. The van der Waals surface area contributed by atoms with Gasteiger partial charge in [-0.05, 0) is 43.2 Å². The fourth-order valence-corrected chi connectivity index (χ4v) is 2.61. The van der Waals surface area contributed by atoms with Gasteiger partial charge in [0.05, 0.1) is 12.5 Å². The van der Waals surface area contributed by atoms with Crippen molar-refractivity contribution >= 4 is 11.6 Å². The fourth-order valence-electron chi connectivity index (χ4n) is 2.61. The summed E-state index contributed by atoms with van der Waals surface area (Å²) in [5, 5.41) is 2.95. The molecule has 0 bridgehead atoms. The van der Waals surface area contributed by atoms with Crippen molar-refractivity contribution in [2.75, 3.05) is 25.1 Å². The maximum atomic E-state index is 12.6. The van der Waals surface area contributed by atoms with E-state index in [1.807, 2.05) is 49.4 Å². The van der Waals surface area contributed by atoms with Crippen LogP contribution in [0.25, 0.3) is 0 Å². The first-order valence-corrected chi connectivity index (χ1v) is 8.60. The highest BCUT2D eigenvalue weighted by Crippen LogP contribution is 2.33. The third kappa shape index (κ3) is 4.24. The summed E-state index contributed by atoms with van der Waals surface area (Å²) >= 11 is 0. The quantitative estimate of drug-likeness (QED) is 0.863. The summed E-state index contributed by atoms with van der Waals surface area (Å²) in [6, 6.07) is 13.1. The van der Waals surface area contributed by atoms with Gasteiger partial charge in [0.15, 0.2) is 11.5 Å². The number of nitrogens with one attached hydrogen (secondary N) is 1. The fraction of sp³-hybridized carbons (Fsp3) is 0.350. The zero-order valence-electron chi connectivity index (χ0n) is 14.6. The van der Waals surface area contributed by atoms with Crippen LogP contribution in [-0.2, 0) is 4.79 Å². The molecule has 0 saturated carbocycles. The van der Waals surface area contributed by atoms with E-state index in [0.29, 0.717) is 25.6 Å². The van der Waals surface area contributed by atoms with Crippen molar-refractivity contribution in [3.8, 4) is 17.2 Å². The summed E-state index contributed by atoms with van der Waals surface area (Å²) in [5.41, 5.74) is 1.61. The second-order valence-electron chi connectivity index (χ2n) is 5.99.